The molecule has 7 heteroatoms. The van der Waals surface area contributed by atoms with E-state index in [1.54, 1.807) is 30.5 Å². The second-order valence-electron chi connectivity index (χ2n) is 4.93. The molecule has 0 fully saturated rings. The number of aromatic nitrogens is 2. The lowest BCUT2D eigenvalue weighted by atomic mass is 10.1. The number of amides is 2. The number of nitrogens with one attached hydrogen (secondary N) is 1. The Morgan fingerprint density at radius 2 is 1.74 bits per heavy atom. The van der Waals surface area contributed by atoms with E-state index in [4.69, 9.17) is 4.84 Å². The first-order chi connectivity index (χ1) is 11.2. The van der Waals surface area contributed by atoms with Crippen LogP contribution in [0.4, 0.5) is 0 Å². The number of benzene rings is 1. The lowest BCUT2D eigenvalue weighted by molar-refractivity contribution is -0.0587. The van der Waals surface area contributed by atoms with Gasteiger partial charge in [-0.2, -0.15) is 0 Å². The van der Waals surface area contributed by atoms with Crippen LogP contribution in [0.15, 0.2) is 48.8 Å². The predicted molar refractivity (Wildman–Crippen MR) is 78.5 cm³/mol. The Bertz CT molecular complexity index is 941. The molecule has 0 unspecified atom stereocenters. The molecule has 4 rings (SSSR count). The highest BCUT2D eigenvalue weighted by Gasteiger charge is 2.39. The molecule has 23 heavy (non-hydrogen) atoms. The Labute approximate surface area is 129 Å². The zero-order chi connectivity index (χ0) is 16.0. The first-order valence-electron chi connectivity index (χ1n) is 6.79. The highest BCUT2D eigenvalue weighted by Crippen LogP contribution is 2.24. The Kier molecular flexibility index (Phi) is 2.74. The zero-order valence-electron chi connectivity index (χ0n) is 11.6. The van der Waals surface area contributed by atoms with Gasteiger partial charge in [0.25, 0.3) is 11.8 Å². The van der Waals surface area contributed by atoms with E-state index in [1.165, 1.54) is 18.3 Å². The summed E-state index contributed by atoms with van der Waals surface area (Å²) in [5, 5.41) is 1.02. The average molecular weight is 307 g/mol. The summed E-state index contributed by atoms with van der Waals surface area (Å²) in [6, 6.07) is 9.66. The highest BCUT2D eigenvalue weighted by atomic mass is 16.7. The van der Waals surface area contributed by atoms with Crippen molar-refractivity contribution >= 4 is 28.7 Å². The molecule has 0 atom stereocenters. The van der Waals surface area contributed by atoms with Crippen molar-refractivity contribution in [3.05, 3.63) is 65.6 Å². The van der Waals surface area contributed by atoms with Crippen molar-refractivity contribution in [2.24, 2.45) is 0 Å². The fourth-order valence-electron chi connectivity index (χ4n) is 2.52. The molecule has 3 heterocycles. The summed E-state index contributed by atoms with van der Waals surface area (Å²) in [6.45, 7) is 0. The largest absolute Gasteiger partial charge is 0.382 e. The Hall–Kier alpha value is -3.48. The molecule has 1 aliphatic heterocycles. The number of hydroxylamine groups is 2. The van der Waals surface area contributed by atoms with Crippen LogP contribution in [0.1, 0.15) is 31.2 Å². The van der Waals surface area contributed by atoms with Crippen molar-refractivity contribution in [3.63, 3.8) is 0 Å². The highest BCUT2D eigenvalue weighted by molar-refractivity contribution is 6.21. The van der Waals surface area contributed by atoms with Gasteiger partial charge in [-0.25, -0.2) is 9.78 Å². The summed E-state index contributed by atoms with van der Waals surface area (Å²) >= 11 is 0. The zero-order valence-corrected chi connectivity index (χ0v) is 11.6. The van der Waals surface area contributed by atoms with Crippen LogP contribution < -0.4 is 0 Å². The molecule has 0 spiro atoms. The minimum Gasteiger partial charge on any atom is -0.361 e. The van der Waals surface area contributed by atoms with Crippen LogP contribution in [-0.4, -0.2) is 32.8 Å². The quantitative estimate of drug-likeness (QED) is 0.730. The van der Waals surface area contributed by atoms with Crippen LogP contribution >= 0.6 is 0 Å². The summed E-state index contributed by atoms with van der Waals surface area (Å²) in [5.74, 6) is -2.20. The predicted octanol–water partition coefficient (Wildman–Crippen LogP) is 1.93. The first kappa shape index (κ1) is 13.2. The van der Waals surface area contributed by atoms with E-state index in [-0.39, 0.29) is 16.8 Å². The maximum Gasteiger partial charge on any atom is 0.382 e. The number of carbonyl (C=O) groups is 3. The number of H-pyrrole nitrogens is 1. The van der Waals surface area contributed by atoms with Gasteiger partial charge in [-0.1, -0.05) is 17.2 Å². The number of hydrogen-bond acceptors (Lipinski definition) is 5. The SMILES string of the molecule is O=C(ON1C(=O)c2ccccc2C1=O)c1nccc2[nH]ccc12. The van der Waals surface area contributed by atoms with Gasteiger partial charge in [0.15, 0.2) is 5.69 Å². The van der Waals surface area contributed by atoms with Crippen molar-refractivity contribution in [1.29, 1.82) is 0 Å². The van der Waals surface area contributed by atoms with Gasteiger partial charge in [0.1, 0.15) is 0 Å². The second kappa shape index (κ2) is 4.77. The molecule has 112 valence electrons. The summed E-state index contributed by atoms with van der Waals surface area (Å²) in [5.41, 5.74) is 1.14. The van der Waals surface area contributed by atoms with Crippen molar-refractivity contribution < 1.29 is 19.2 Å². The van der Waals surface area contributed by atoms with Gasteiger partial charge in [-0.05, 0) is 24.3 Å². The fraction of sp³-hybridized carbons (Fsp3) is 0. The lowest BCUT2D eigenvalue weighted by Gasteiger charge is -2.12. The molecule has 1 N–H and O–H groups in total. The van der Waals surface area contributed by atoms with Gasteiger partial charge in [-0.15, -0.1) is 0 Å². The van der Waals surface area contributed by atoms with E-state index >= 15 is 0 Å². The molecule has 0 radical (unpaired) electrons. The minimum absolute atomic E-state index is 0.0281. The van der Waals surface area contributed by atoms with Crippen molar-refractivity contribution in [2.75, 3.05) is 0 Å². The maximum atomic E-state index is 12.3. The average Bonchev–Trinajstić information content (AvgIpc) is 3.14. The van der Waals surface area contributed by atoms with Crippen LogP contribution in [0.5, 0.6) is 0 Å². The molecule has 1 aliphatic rings. The molecule has 0 bridgehead atoms. The Morgan fingerprint density at radius 3 is 2.43 bits per heavy atom. The van der Waals surface area contributed by atoms with Crippen molar-refractivity contribution in [1.82, 2.24) is 15.0 Å². The summed E-state index contributed by atoms with van der Waals surface area (Å²) < 4.78 is 0. The maximum absolute atomic E-state index is 12.3. The van der Waals surface area contributed by atoms with E-state index in [0.717, 1.165) is 0 Å². The van der Waals surface area contributed by atoms with Gasteiger partial charge in [0.05, 0.1) is 11.1 Å². The van der Waals surface area contributed by atoms with Crippen LogP contribution in [0, 0.1) is 0 Å². The van der Waals surface area contributed by atoms with Gasteiger partial charge >= 0.3 is 5.97 Å². The molecule has 0 aliphatic carbocycles. The summed E-state index contributed by atoms with van der Waals surface area (Å²) in [6.07, 6.45) is 3.10. The van der Waals surface area contributed by atoms with E-state index in [1.807, 2.05) is 0 Å². The monoisotopic (exact) mass is 307 g/mol. The standard InChI is InChI=1S/C16H9N3O4/c20-14-9-3-1-2-4-10(9)15(21)19(14)23-16(22)13-11-5-7-17-12(11)6-8-18-13/h1-8,17H. The van der Waals surface area contributed by atoms with E-state index in [0.29, 0.717) is 16.0 Å². The second-order valence-corrected chi connectivity index (χ2v) is 4.93. The third-order valence-electron chi connectivity index (χ3n) is 3.60. The summed E-state index contributed by atoms with van der Waals surface area (Å²) in [4.78, 5) is 48.6. The van der Waals surface area contributed by atoms with E-state index in [2.05, 4.69) is 9.97 Å². The number of hydrogen-bond donors (Lipinski definition) is 1. The van der Waals surface area contributed by atoms with Gasteiger partial charge in [0.2, 0.25) is 0 Å². The van der Waals surface area contributed by atoms with E-state index < -0.39 is 17.8 Å². The van der Waals surface area contributed by atoms with Crippen LogP contribution in [0.25, 0.3) is 10.9 Å². The van der Waals surface area contributed by atoms with Gasteiger partial charge < -0.3 is 9.82 Å². The first-order valence-corrected chi connectivity index (χ1v) is 6.79. The minimum atomic E-state index is -0.871. The number of rotatable bonds is 2. The topological polar surface area (TPSA) is 92.4 Å². The number of pyridine rings is 1. The van der Waals surface area contributed by atoms with Gasteiger partial charge in [0, 0.05) is 23.3 Å². The molecule has 2 amide bonds. The Morgan fingerprint density at radius 1 is 1.04 bits per heavy atom. The third kappa shape index (κ3) is 1.90. The number of imide groups is 1. The fourth-order valence-corrected chi connectivity index (χ4v) is 2.52. The molecule has 0 saturated heterocycles. The van der Waals surface area contributed by atoms with Crippen LogP contribution in [0.3, 0.4) is 0 Å². The van der Waals surface area contributed by atoms with Crippen LogP contribution in [-0.2, 0) is 4.84 Å². The normalized spacial score (nSPS) is 13.5. The van der Waals surface area contributed by atoms with Crippen LogP contribution in [0.2, 0.25) is 0 Å². The summed E-state index contributed by atoms with van der Waals surface area (Å²) in [7, 11) is 0. The number of aromatic amines is 1. The Balaban J connectivity index is 1.67. The van der Waals surface area contributed by atoms with Crippen molar-refractivity contribution in [3.8, 4) is 0 Å². The third-order valence-corrected chi connectivity index (χ3v) is 3.60. The number of fused-ring (bicyclic) bond motifs is 2. The van der Waals surface area contributed by atoms with Crippen molar-refractivity contribution in [2.45, 2.75) is 0 Å². The number of nitrogens with zero attached hydrogens (tertiary/aromatic N) is 2. The molecule has 2 aromatic heterocycles. The molecular weight excluding hydrogens is 298 g/mol. The lowest BCUT2D eigenvalue weighted by Crippen LogP contribution is -2.33. The molecule has 1 aromatic carbocycles. The number of carbonyl (C=O) groups excluding carboxylic acids is 3. The molecule has 3 aromatic rings. The smallest absolute Gasteiger partial charge is 0.361 e. The van der Waals surface area contributed by atoms with E-state index in [9.17, 15) is 14.4 Å². The molecular formula is C16H9N3O4. The molecule has 7 nitrogen and oxygen atoms in total. The van der Waals surface area contributed by atoms with Gasteiger partial charge in [-0.3, -0.25) is 9.59 Å². The molecule has 0 saturated carbocycles.